The summed E-state index contributed by atoms with van der Waals surface area (Å²) in [5, 5.41) is 5.58. The molecular formula is C8H16N2O. The summed E-state index contributed by atoms with van der Waals surface area (Å²) in [6.07, 6.45) is 0. The van der Waals surface area contributed by atoms with Crippen molar-refractivity contribution in [3.63, 3.8) is 0 Å². The third-order valence-corrected chi connectivity index (χ3v) is 2.24. The lowest BCUT2D eigenvalue weighted by Crippen LogP contribution is -2.51. The Bertz CT molecular complexity index is 150. The van der Waals surface area contributed by atoms with E-state index in [1.165, 1.54) is 0 Å². The van der Waals surface area contributed by atoms with Crippen molar-refractivity contribution in [2.75, 3.05) is 13.1 Å². The van der Waals surface area contributed by atoms with Gasteiger partial charge in [-0.05, 0) is 11.3 Å². The normalized spacial score (nSPS) is 20.8. The van der Waals surface area contributed by atoms with Crippen LogP contribution in [0.5, 0.6) is 0 Å². The molecule has 0 aliphatic carbocycles. The van der Waals surface area contributed by atoms with Gasteiger partial charge in [-0.3, -0.25) is 0 Å². The van der Waals surface area contributed by atoms with Crippen LogP contribution in [-0.2, 0) is 0 Å². The second-order valence-corrected chi connectivity index (χ2v) is 4.15. The van der Waals surface area contributed by atoms with Gasteiger partial charge in [-0.2, -0.15) is 0 Å². The molecule has 3 heteroatoms. The van der Waals surface area contributed by atoms with Gasteiger partial charge in [0.25, 0.3) is 0 Å². The molecular weight excluding hydrogens is 140 g/mol. The summed E-state index contributed by atoms with van der Waals surface area (Å²) < 4.78 is 0. The first-order chi connectivity index (χ1) is 5.00. The maximum atomic E-state index is 10.7. The fourth-order valence-corrected chi connectivity index (χ4v) is 1.18. The zero-order chi connectivity index (χ0) is 8.48. The monoisotopic (exact) mass is 156 g/mol. The highest BCUT2D eigenvalue weighted by Crippen LogP contribution is 2.25. The summed E-state index contributed by atoms with van der Waals surface area (Å²) in [6, 6.07) is -0.0366. The summed E-state index contributed by atoms with van der Waals surface area (Å²) in [5.74, 6) is 0.542. The molecule has 1 saturated heterocycles. The van der Waals surface area contributed by atoms with E-state index in [1.54, 1.807) is 0 Å². The van der Waals surface area contributed by atoms with Gasteiger partial charge < -0.3 is 10.6 Å². The smallest absolute Gasteiger partial charge is 0.314 e. The second-order valence-electron chi connectivity index (χ2n) is 4.15. The first kappa shape index (κ1) is 8.37. The van der Waals surface area contributed by atoms with Crippen LogP contribution in [0.3, 0.4) is 0 Å². The average molecular weight is 156 g/mol. The van der Waals surface area contributed by atoms with E-state index in [9.17, 15) is 4.79 Å². The van der Waals surface area contributed by atoms with Crippen LogP contribution in [0.2, 0.25) is 0 Å². The van der Waals surface area contributed by atoms with Gasteiger partial charge in [-0.1, -0.05) is 20.8 Å². The van der Waals surface area contributed by atoms with Crippen molar-refractivity contribution in [3.05, 3.63) is 0 Å². The molecule has 0 aromatic rings. The van der Waals surface area contributed by atoms with Crippen molar-refractivity contribution in [3.8, 4) is 0 Å². The Labute approximate surface area is 67.5 Å². The second kappa shape index (κ2) is 2.72. The van der Waals surface area contributed by atoms with Crippen LogP contribution < -0.4 is 10.6 Å². The number of nitrogens with one attached hydrogen (secondary N) is 2. The van der Waals surface area contributed by atoms with Crippen LogP contribution in [0.1, 0.15) is 20.8 Å². The summed E-state index contributed by atoms with van der Waals surface area (Å²) >= 11 is 0. The zero-order valence-electron chi connectivity index (χ0n) is 7.40. The van der Waals surface area contributed by atoms with Crippen molar-refractivity contribution < 1.29 is 4.79 Å². The predicted octanol–water partition coefficient (Wildman–Crippen LogP) is 0.961. The molecule has 0 saturated carbocycles. The first-order valence-corrected chi connectivity index (χ1v) is 4.02. The predicted molar refractivity (Wildman–Crippen MR) is 44.3 cm³/mol. The third-order valence-electron chi connectivity index (χ3n) is 2.24. The number of carbonyl (C=O) groups excluding carboxylic acids is 1. The molecule has 0 radical (unpaired) electrons. The van der Waals surface area contributed by atoms with E-state index in [4.69, 9.17) is 0 Å². The molecule has 1 aliphatic heterocycles. The molecule has 2 N–H and O–H groups in total. The molecule has 1 aliphatic rings. The van der Waals surface area contributed by atoms with Crippen LogP contribution in [0.4, 0.5) is 4.79 Å². The number of urea groups is 1. The molecule has 0 unspecified atom stereocenters. The lowest BCUT2D eigenvalue weighted by molar-refractivity contribution is 0.189. The number of hydrogen-bond acceptors (Lipinski definition) is 1. The minimum atomic E-state index is -0.0366. The Hall–Kier alpha value is -0.730. The van der Waals surface area contributed by atoms with E-state index in [1.807, 2.05) is 0 Å². The molecule has 11 heavy (non-hydrogen) atoms. The molecule has 2 amide bonds. The maximum absolute atomic E-state index is 10.7. The van der Waals surface area contributed by atoms with Gasteiger partial charge in [-0.15, -0.1) is 0 Å². The lowest BCUT2D eigenvalue weighted by atomic mass is 9.80. The van der Waals surface area contributed by atoms with Crippen molar-refractivity contribution in [2.45, 2.75) is 20.8 Å². The highest BCUT2D eigenvalue weighted by atomic mass is 16.2. The highest BCUT2D eigenvalue weighted by Gasteiger charge is 2.27. The van der Waals surface area contributed by atoms with Gasteiger partial charge in [0.2, 0.25) is 0 Å². The van der Waals surface area contributed by atoms with E-state index >= 15 is 0 Å². The summed E-state index contributed by atoms with van der Waals surface area (Å²) in [4.78, 5) is 10.7. The van der Waals surface area contributed by atoms with Gasteiger partial charge in [0.15, 0.2) is 0 Å². The molecule has 1 rings (SSSR count). The molecule has 1 heterocycles. The Balaban J connectivity index is 2.45. The van der Waals surface area contributed by atoms with Crippen LogP contribution in [0.25, 0.3) is 0 Å². The Morgan fingerprint density at radius 3 is 2.09 bits per heavy atom. The van der Waals surface area contributed by atoms with Crippen LogP contribution in [-0.4, -0.2) is 19.1 Å². The average Bonchev–Trinajstić information content (AvgIpc) is 1.86. The van der Waals surface area contributed by atoms with Crippen molar-refractivity contribution in [1.82, 2.24) is 10.6 Å². The Kier molecular flexibility index (Phi) is 2.07. The van der Waals surface area contributed by atoms with E-state index < -0.39 is 0 Å². The third kappa shape index (κ3) is 2.10. The van der Waals surface area contributed by atoms with E-state index in [0.717, 1.165) is 13.1 Å². The number of carbonyl (C=O) groups is 1. The lowest BCUT2D eigenvalue weighted by Gasteiger charge is -2.34. The van der Waals surface area contributed by atoms with E-state index in [-0.39, 0.29) is 11.4 Å². The van der Waals surface area contributed by atoms with Crippen LogP contribution in [0, 0.1) is 11.3 Å². The first-order valence-electron chi connectivity index (χ1n) is 4.02. The van der Waals surface area contributed by atoms with Gasteiger partial charge in [-0.25, -0.2) is 4.79 Å². The van der Waals surface area contributed by atoms with Gasteiger partial charge in [0.05, 0.1) is 0 Å². The molecule has 64 valence electrons. The van der Waals surface area contributed by atoms with Gasteiger partial charge in [0, 0.05) is 13.1 Å². The largest absolute Gasteiger partial charge is 0.338 e. The standard InChI is InChI=1S/C8H16N2O/c1-8(2,3)6-4-9-7(11)10-5-6/h6H,4-5H2,1-3H3,(H2,9,10,11). The number of rotatable bonds is 0. The van der Waals surface area contributed by atoms with Crippen molar-refractivity contribution in [1.29, 1.82) is 0 Å². The number of hydrogen-bond donors (Lipinski definition) is 2. The Morgan fingerprint density at radius 2 is 1.73 bits per heavy atom. The molecule has 0 bridgehead atoms. The van der Waals surface area contributed by atoms with Crippen LogP contribution in [0.15, 0.2) is 0 Å². The SMILES string of the molecule is CC(C)(C)C1CNC(=O)NC1. The molecule has 0 aromatic heterocycles. The quantitative estimate of drug-likeness (QED) is 0.539. The highest BCUT2D eigenvalue weighted by molar-refractivity contribution is 5.74. The molecule has 0 atom stereocenters. The van der Waals surface area contributed by atoms with Gasteiger partial charge in [0.1, 0.15) is 0 Å². The minimum Gasteiger partial charge on any atom is -0.338 e. The van der Waals surface area contributed by atoms with Crippen molar-refractivity contribution in [2.24, 2.45) is 11.3 Å². The van der Waals surface area contributed by atoms with Crippen molar-refractivity contribution >= 4 is 6.03 Å². The van der Waals surface area contributed by atoms with Crippen LogP contribution >= 0.6 is 0 Å². The fraction of sp³-hybridized carbons (Fsp3) is 0.875. The Morgan fingerprint density at radius 1 is 1.27 bits per heavy atom. The minimum absolute atomic E-state index is 0.0366. The molecule has 0 aromatic carbocycles. The summed E-state index contributed by atoms with van der Waals surface area (Å²) in [7, 11) is 0. The van der Waals surface area contributed by atoms with E-state index in [0.29, 0.717) is 5.92 Å². The summed E-state index contributed by atoms with van der Waals surface area (Å²) in [6.45, 7) is 8.18. The fourth-order valence-electron chi connectivity index (χ4n) is 1.18. The summed E-state index contributed by atoms with van der Waals surface area (Å²) in [5.41, 5.74) is 0.278. The van der Waals surface area contributed by atoms with Gasteiger partial charge >= 0.3 is 6.03 Å². The van der Waals surface area contributed by atoms with E-state index in [2.05, 4.69) is 31.4 Å². The topological polar surface area (TPSA) is 41.1 Å². The molecule has 0 spiro atoms. The maximum Gasteiger partial charge on any atom is 0.314 e. The zero-order valence-corrected chi connectivity index (χ0v) is 7.40. The molecule has 3 nitrogen and oxygen atoms in total. The molecule has 1 fully saturated rings. The number of amides is 2.